The molecule has 8 heavy (non-hydrogen) atoms. The Kier molecular flexibility index (Phi) is 6.20. The molecule has 0 fully saturated rings. The Morgan fingerprint density at radius 2 is 2.12 bits per heavy atom. The molecule has 0 rings (SSSR count). The van der Waals surface area contributed by atoms with Gasteiger partial charge < -0.3 is 0 Å². The molecule has 0 saturated carbocycles. The SMILES string of the molecule is [CH2]CCCC#CCC. The van der Waals surface area contributed by atoms with E-state index >= 15 is 0 Å². The minimum absolute atomic E-state index is 0.983. The molecule has 0 aromatic heterocycles. The van der Waals surface area contributed by atoms with E-state index < -0.39 is 0 Å². The van der Waals surface area contributed by atoms with Crippen molar-refractivity contribution in [2.45, 2.75) is 32.6 Å². The Labute approximate surface area is 52.3 Å². The molecule has 0 unspecified atom stereocenters. The second-order valence-electron chi connectivity index (χ2n) is 1.66. The normalized spacial score (nSPS) is 7.75. The zero-order valence-corrected chi connectivity index (χ0v) is 5.54. The lowest BCUT2D eigenvalue weighted by atomic mass is 10.2. The van der Waals surface area contributed by atoms with E-state index in [9.17, 15) is 0 Å². The van der Waals surface area contributed by atoms with Gasteiger partial charge in [-0.1, -0.05) is 20.3 Å². The van der Waals surface area contributed by atoms with Crippen molar-refractivity contribution in [3.8, 4) is 11.8 Å². The second-order valence-corrected chi connectivity index (χ2v) is 1.66. The van der Waals surface area contributed by atoms with Gasteiger partial charge in [-0.25, -0.2) is 0 Å². The molecule has 0 aromatic rings. The predicted octanol–water partition coefficient (Wildman–Crippen LogP) is 2.40. The summed E-state index contributed by atoms with van der Waals surface area (Å²) in [6, 6.07) is 0. The Morgan fingerprint density at radius 3 is 2.62 bits per heavy atom. The first-order valence-electron chi connectivity index (χ1n) is 3.16. The average Bonchev–Trinajstić information content (AvgIpc) is 1.81. The molecule has 0 heteroatoms. The van der Waals surface area contributed by atoms with Crippen molar-refractivity contribution in [2.24, 2.45) is 0 Å². The van der Waals surface area contributed by atoms with Gasteiger partial charge in [0.1, 0.15) is 0 Å². The first-order valence-corrected chi connectivity index (χ1v) is 3.16. The Bertz CT molecular complexity index is 81.9. The van der Waals surface area contributed by atoms with Gasteiger partial charge in [0.2, 0.25) is 0 Å². The third-order valence-electron chi connectivity index (χ3n) is 0.854. The van der Waals surface area contributed by atoms with Crippen molar-refractivity contribution in [1.82, 2.24) is 0 Å². The lowest BCUT2D eigenvalue weighted by Crippen LogP contribution is -1.66. The summed E-state index contributed by atoms with van der Waals surface area (Å²) in [5.41, 5.74) is 0. The van der Waals surface area contributed by atoms with Crippen LogP contribution in [0.25, 0.3) is 0 Å². The first-order chi connectivity index (χ1) is 3.91. The molecular formula is C8H13. The van der Waals surface area contributed by atoms with E-state index in [1.807, 2.05) is 0 Å². The van der Waals surface area contributed by atoms with E-state index in [0.29, 0.717) is 0 Å². The van der Waals surface area contributed by atoms with Crippen LogP contribution >= 0.6 is 0 Å². The molecule has 0 bridgehead atoms. The molecule has 0 heterocycles. The summed E-state index contributed by atoms with van der Waals surface area (Å²) >= 11 is 0. The predicted molar refractivity (Wildman–Crippen MR) is 37.3 cm³/mol. The number of hydrogen-bond donors (Lipinski definition) is 0. The highest BCUT2D eigenvalue weighted by atomic mass is 13.8. The van der Waals surface area contributed by atoms with E-state index in [1.165, 1.54) is 0 Å². The van der Waals surface area contributed by atoms with Crippen LogP contribution in [0.4, 0.5) is 0 Å². The van der Waals surface area contributed by atoms with Gasteiger partial charge in [0.05, 0.1) is 0 Å². The van der Waals surface area contributed by atoms with Crippen LogP contribution < -0.4 is 0 Å². The van der Waals surface area contributed by atoms with E-state index in [1.54, 1.807) is 0 Å². The Hall–Kier alpha value is -0.440. The van der Waals surface area contributed by atoms with Gasteiger partial charge >= 0.3 is 0 Å². The number of rotatable bonds is 2. The summed E-state index contributed by atoms with van der Waals surface area (Å²) in [5.74, 6) is 6.05. The third-order valence-corrected chi connectivity index (χ3v) is 0.854. The fourth-order valence-electron chi connectivity index (χ4n) is 0.427. The van der Waals surface area contributed by atoms with Crippen LogP contribution in [0.1, 0.15) is 32.6 Å². The summed E-state index contributed by atoms with van der Waals surface area (Å²) < 4.78 is 0. The lowest BCUT2D eigenvalue weighted by molar-refractivity contribution is 0.882. The van der Waals surface area contributed by atoms with Crippen molar-refractivity contribution < 1.29 is 0 Å². The maximum absolute atomic E-state index is 3.72. The van der Waals surface area contributed by atoms with Crippen molar-refractivity contribution in [3.63, 3.8) is 0 Å². The van der Waals surface area contributed by atoms with Gasteiger partial charge in [-0.3, -0.25) is 0 Å². The molecule has 0 nitrogen and oxygen atoms in total. The monoisotopic (exact) mass is 109 g/mol. The molecule has 0 saturated heterocycles. The second kappa shape index (κ2) is 6.56. The van der Waals surface area contributed by atoms with Crippen molar-refractivity contribution >= 4 is 0 Å². The number of unbranched alkanes of at least 4 members (excludes halogenated alkanes) is 2. The standard InChI is InChI=1S/C8H13/c1-3-5-7-8-6-4-2/h1,3-5,7H2,2H3. The first kappa shape index (κ1) is 7.56. The van der Waals surface area contributed by atoms with Gasteiger partial charge in [-0.2, -0.15) is 0 Å². The van der Waals surface area contributed by atoms with Crippen molar-refractivity contribution in [1.29, 1.82) is 0 Å². The maximum atomic E-state index is 3.72. The Balaban J connectivity index is 2.90. The topological polar surface area (TPSA) is 0 Å². The molecule has 0 aliphatic heterocycles. The largest absolute Gasteiger partial charge is 0.104 e. The average molecular weight is 109 g/mol. The van der Waals surface area contributed by atoms with Crippen molar-refractivity contribution in [2.75, 3.05) is 0 Å². The molecule has 0 atom stereocenters. The molecule has 0 aliphatic rings. The highest BCUT2D eigenvalue weighted by molar-refractivity contribution is 4.97. The molecule has 45 valence electrons. The summed E-state index contributed by atoms with van der Waals surface area (Å²) in [6.07, 6.45) is 4.17. The fraction of sp³-hybridized carbons (Fsp3) is 0.625. The van der Waals surface area contributed by atoms with Gasteiger partial charge in [0.25, 0.3) is 0 Å². The van der Waals surface area contributed by atoms with Crippen LogP contribution in [-0.2, 0) is 0 Å². The van der Waals surface area contributed by atoms with Gasteiger partial charge in [-0.05, 0) is 6.42 Å². The molecule has 0 N–H and O–H groups in total. The molecule has 1 radical (unpaired) electrons. The quantitative estimate of drug-likeness (QED) is 0.377. The Morgan fingerprint density at radius 1 is 1.38 bits per heavy atom. The highest BCUT2D eigenvalue weighted by Crippen LogP contribution is 1.89. The van der Waals surface area contributed by atoms with Crippen LogP contribution in [0.2, 0.25) is 0 Å². The van der Waals surface area contributed by atoms with E-state index in [2.05, 4.69) is 25.7 Å². The third kappa shape index (κ3) is 5.56. The minimum atomic E-state index is 0.983. The van der Waals surface area contributed by atoms with Gasteiger partial charge in [0.15, 0.2) is 0 Å². The van der Waals surface area contributed by atoms with Crippen LogP contribution in [0, 0.1) is 18.8 Å². The number of hydrogen-bond acceptors (Lipinski definition) is 0. The van der Waals surface area contributed by atoms with Crippen molar-refractivity contribution in [3.05, 3.63) is 6.92 Å². The minimum Gasteiger partial charge on any atom is -0.104 e. The van der Waals surface area contributed by atoms with Crippen LogP contribution in [0.15, 0.2) is 0 Å². The molecule has 0 aliphatic carbocycles. The summed E-state index contributed by atoms with van der Waals surface area (Å²) in [4.78, 5) is 0. The summed E-state index contributed by atoms with van der Waals surface area (Å²) in [5, 5.41) is 0. The summed E-state index contributed by atoms with van der Waals surface area (Å²) in [6.45, 7) is 5.78. The fourth-order valence-corrected chi connectivity index (χ4v) is 0.427. The molecular weight excluding hydrogens is 96.1 g/mol. The van der Waals surface area contributed by atoms with Crippen LogP contribution in [-0.4, -0.2) is 0 Å². The maximum Gasteiger partial charge on any atom is 0.00886 e. The van der Waals surface area contributed by atoms with Crippen LogP contribution in [0.3, 0.4) is 0 Å². The van der Waals surface area contributed by atoms with E-state index in [-0.39, 0.29) is 0 Å². The van der Waals surface area contributed by atoms with Gasteiger partial charge in [0, 0.05) is 12.8 Å². The highest BCUT2D eigenvalue weighted by Gasteiger charge is 1.73. The van der Waals surface area contributed by atoms with Gasteiger partial charge in [-0.15, -0.1) is 11.8 Å². The van der Waals surface area contributed by atoms with Crippen LogP contribution in [0.5, 0.6) is 0 Å². The van der Waals surface area contributed by atoms with E-state index in [0.717, 1.165) is 25.7 Å². The molecule has 0 amide bonds. The lowest BCUT2D eigenvalue weighted by Gasteiger charge is -1.81. The zero-order valence-electron chi connectivity index (χ0n) is 5.54. The zero-order chi connectivity index (χ0) is 6.24. The molecule has 0 aromatic carbocycles. The van der Waals surface area contributed by atoms with E-state index in [4.69, 9.17) is 0 Å². The summed E-state index contributed by atoms with van der Waals surface area (Å²) in [7, 11) is 0. The smallest absolute Gasteiger partial charge is 0.00886 e. The molecule has 0 spiro atoms.